The van der Waals surface area contributed by atoms with Gasteiger partial charge in [0.1, 0.15) is 6.10 Å². The third-order valence-electron chi connectivity index (χ3n) is 2.76. The fourth-order valence-electron chi connectivity index (χ4n) is 1.13. The molecule has 15 heavy (non-hydrogen) atoms. The average Bonchev–Trinajstić information content (AvgIpc) is 2.11. The highest BCUT2D eigenvalue weighted by Gasteiger charge is 2.23. The number of ether oxygens (including phenoxy) is 1. The molecule has 1 atom stereocenters. The van der Waals surface area contributed by atoms with Crippen LogP contribution in [0, 0.1) is 5.41 Å². The first kappa shape index (κ1) is 14.5. The summed E-state index contributed by atoms with van der Waals surface area (Å²) >= 11 is 0. The van der Waals surface area contributed by atoms with Crippen LogP contribution >= 0.6 is 0 Å². The Bertz CT molecular complexity index is 179. The summed E-state index contributed by atoms with van der Waals surface area (Å²) in [6, 6.07) is 0. The zero-order valence-corrected chi connectivity index (χ0v) is 10.9. The topological polar surface area (TPSA) is 26.3 Å². The van der Waals surface area contributed by atoms with Crippen LogP contribution < -0.4 is 0 Å². The molecule has 90 valence electrons. The van der Waals surface area contributed by atoms with Gasteiger partial charge in [-0.25, -0.2) is 0 Å². The molecule has 0 N–H and O–H groups in total. The van der Waals surface area contributed by atoms with Crippen molar-refractivity contribution in [1.29, 1.82) is 0 Å². The molecule has 0 heterocycles. The Balaban J connectivity index is 3.65. The number of hydrogen-bond acceptors (Lipinski definition) is 2. The minimum absolute atomic E-state index is 0.00354. The molecule has 0 amide bonds. The van der Waals surface area contributed by atoms with Gasteiger partial charge in [-0.2, -0.15) is 0 Å². The number of unbranched alkanes of at least 4 members (excludes halogenated alkanes) is 3. The lowest BCUT2D eigenvalue weighted by Crippen LogP contribution is -2.28. The average molecular weight is 214 g/mol. The molecule has 2 nitrogen and oxygen atoms in total. The molecule has 0 aliphatic rings. The predicted molar refractivity (Wildman–Crippen MR) is 63.8 cm³/mol. The summed E-state index contributed by atoms with van der Waals surface area (Å²) in [6.07, 6.45) is 5.07. The van der Waals surface area contributed by atoms with E-state index >= 15 is 0 Å². The van der Waals surface area contributed by atoms with Gasteiger partial charge in [0.25, 0.3) is 0 Å². The van der Waals surface area contributed by atoms with Gasteiger partial charge in [0.05, 0.1) is 0 Å². The Morgan fingerprint density at radius 1 is 1.20 bits per heavy atom. The van der Waals surface area contributed by atoms with Crippen molar-refractivity contribution in [2.24, 2.45) is 5.41 Å². The number of carbonyl (C=O) groups excluding carboxylic acids is 1. The molecule has 0 radical (unpaired) electrons. The maximum absolute atomic E-state index is 11.4. The van der Waals surface area contributed by atoms with Crippen molar-refractivity contribution in [3.63, 3.8) is 0 Å². The number of esters is 1. The molecule has 0 aliphatic heterocycles. The normalized spacial score (nSPS) is 13.7. The second-order valence-corrected chi connectivity index (χ2v) is 5.31. The second kappa shape index (κ2) is 6.86. The van der Waals surface area contributed by atoms with Gasteiger partial charge in [-0.1, -0.05) is 47.0 Å². The van der Waals surface area contributed by atoms with E-state index in [0.717, 1.165) is 12.8 Å². The van der Waals surface area contributed by atoms with E-state index in [1.807, 2.05) is 6.92 Å². The molecule has 0 fully saturated rings. The smallest absolute Gasteiger partial charge is 0.306 e. The second-order valence-electron chi connectivity index (χ2n) is 5.31. The standard InChI is InChI=1S/C13H26O2/c1-6-7-8-9-10-12(14)15-11(2)13(3,4)5/h11H,6-10H2,1-5H3. The molecule has 0 aromatic rings. The molecule has 0 aliphatic carbocycles. The summed E-state index contributed by atoms with van der Waals surface area (Å²) in [5.41, 5.74) is 0.0408. The highest BCUT2D eigenvalue weighted by Crippen LogP contribution is 2.22. The molecule has 1 unspecified atom stereocenters. The summed E-state index contributed by atoms with van der Waals surface area (Å²) in [5.74, 6) is -0.0477. The minimum atomic E-state index is -0.0477. The van der Waals surface area contributed by atoms with Crippen molar-refractivity contribution in [3.05, 3.63) is 0 Å². The molecule has 0 saturated heterocycles. The summed E-state index contributed by atoms with van der Waals surface area (Å²) in [4.78, 5) is 11.4. The van der Waals surface area contributed by atoms with Crippen molar-refractivity contribution < 1.29 is 9.53 Å². The van der Waals surface area contributed by atoms with E-state index in [9.17, 15) is 4.79 Å². The van der Waals surface area contributed by atoms with Crippen LogP contribution in [0.5, 0.6) is 0 Å². The van der Waals surface area contributed by atoms with Crippen LogP contribution in [0.1, 0.15) is 66.7 Å². The van der Waals surface area contributed by atoms with Gasteiger partial charge in [0, 0.05) is 6.42 Å². The number of hydrogen-bond donors (Lipinski definition) is 0. The molecular weight excluding hydrogens is 188 g/mol. The van der Waals surface area contributed by atoms with Gasteiger partial charge in [-0.3, -0.25) is 4.79 Å². The van der Waals surface area contributed by atoms with E-state index in [1.54, 1.807) is 0 Å². The van der Waals surface area contributed by atoms with Gasteiger partial charge in [0.15, 0.2) is 0 Å². The van der Waals surface area contributed by atoms with Crippen LogP contribution in [0.4, 0.5) is 0 Å². The van der Waals surface area contributed by atoms with E-state index in [2.05, 4.69) is 27.7 Å². The Labute approximate surface area is 94.4 Å². The first-order chi connectivity index (χ1) is 6.88. The monoisotopic (exact) mass is 214 g/mol. The van der Waals surface area contributed by atoms with Crippen LogP contribution in [-0.4, -0.2) is 12.1 Å². The predicted octanol–water partition coefficient (Wildman–Crippen LogP) is 3.93. The third kappa shape index (κ3) is 7.40. The Morgan fingerprint density at radius 3 is 2.27 bits per heavy atom. The van der Waals surface area contributed by atoms with Gasteiger partial charge in [-0.15, -0.1) is 0 Å². The van der Waals surface area contributed by atoms with Crippen molar-refractivity contribution >= 4 is 5.97 Å². The van der Waals surface area contributed by atoms with E-state index < -0.39 is 0 Å². The van der Waals surface area contributed by atoms with Gasteiger partial charge >= 0.3 is 5.97 Å². The maximum Gasteiger partial charge on any atom is 0.306 e. The summed E-state index contributed by atoms with van der Waals surface area (Å²) in [5, 5.41) is 0. The first-order valence-corrected chi connectivity index (χ1v) is 6.07. The fourth-order valence-corrected chi connectivity index (χ4v) is 1.13. The van der Waals surface area contributed by atoms with Crippen molar-refractivity contribution in [1.82, 2.24) is 0 Å². The quantitative estimate of drug-likeness (QED) is 0.494. The number of rotatable bonds is 6. The number of carbonyl (C=O) groups is 1. The zero-order valence-electron chi connectivity index (χ0n) is 10.9. The fraction of sp³-hybridized carbons (Fsp3) is 0.923. The molecule has 0 spiro atoms. The van der Waals surface area contributed by atoms with Crippen LogP contribution in [0.2, 0.25) is 0 Å². The van der Waals surface area contributed by atoms with E-state index in [0.29, 0.717) is 6.42 Å². The summed E-state index contributed by atoms with van der Waals surface area (Å²) < 4.78 is 5.36. The molecule has 0 aromatic carbocycles. The van der Waals surface area contributed by atoms with Crippen LogP contribution in [0.3, 0.4) is 0 Å². The lowest BCUT2D eigenvalue weighted by Gasteiger charge is -2.26. The molecule has 0 rings (SSSR count). The van der Waals surface area contributed by atoms with Crippen LogP contribution in [0.25, 0.3) is 0 Å². The summed E-state index contributed by atoms with van der Waals surface area (Å²) in [7, 11) is 0. The first-order valence-electron chi connectivity index (χ1n) is 6.07. The van der Waals surface area contributed by atoms with Crippen molar-refractivity contribution in [3.8, 4) is 0 Å². The van der Waals surface area contributed by atoms with Crippen LogP contribution in [-0.2, 0) is 9.53 Å². The van der Waals surface area contributed by atoms with Crippen molar-refractivity contribution in [2.45, 2.75) is 72.8 Å². The Kier molecular flexibility index (Phi) is 6.62. The van der Waals surface area contributed by atoms with Gasteiger partial charge in [-0.05, 0) is 18.8 Å². The maximum atomic E-state index is 11.4. The molecular formula is C13H26O2. The molecule has 0 aromatic heterocycles. The molecule has 0 bridgehead atoms. The van der Waals surface area contributed by atoms with E-state index in [1.165, 1.54) is 12.8 Å². The molecule has 2 heteroatoms. The Morgan fingerprint density at radius 2 is 1.80 bits per heavy atom. The van der Waals surface area contributed by atoms with E-state index in [4.69, 9.17) is 4.74 Å². The zero-order chi connectivity index (χ0) is 11.9. The van der Waals surface area contributed by atoms with Gasteiger partial charge in [0.2, 0.25) is 0 Å². The third-order valence-corrected chi connectivity index (χ3v) is 2.76. The van der Waals surface area contributed by atoms with Crippen LogP contribution in [0.15, 0.2) is 0 Å². The van der Waals surface area contributed by atoms with E-state index in [-0.39, 0.29) is 17.5 Å². The lowest BCUT2D eigenvalue weighted by atomic mass is 9.90. The minimum Gasteiger partial charge on any atom is -0.462 e. The highest BCUT2D eigenvalue weighted by atomic mass is 16.5. The Hall–Kier alpha value is -0.530. The highest BCUT2D eigenvalue weighted by molar-refractivity contribution is 5.69. The van der Waals surface area contributed by atoms with Gasteiger partial charge < -0.3 is 4.74 Å². The largest absolute Gasteiger partial charge is 0.462 e. The SMILES string of the molecule is CCCCCCC(=O)OC(C)C(C)(C)C. The van der Waals surface area contributed by atoms with Crippen molar-refractivity contribution in [2.75, 3.05) is 0 Å². The molecule has 0 saturated carbocycles. The summed E-state index contributed by atoms with van der Waals surface area (Å²) in [6.45, 7) is 10.4. The lowest BCUT2D eigenvalue weighted by molar-refractivity contribution is -0.153.